The van der Waals surface area contributed by atoms with E-state index in [1.165, 1.54) is 6.92 Å². The molecule has 2 rings (SSSR count). The van der Waals surface area contributed by atoms with Crippen LogP contribution in [0.4, 0.5) is 0 Å². The molecule has 2 aromatic rings. The molecule has 2 heterocycles. The van der Waals surface area contributed by atoms with Crippen molar-refractivity contribution in [2.75, 3.05) is 13.2 Å². The summed E-state index contributed by atoms with van der Waals surface area (Å²) < 4.78 is 15.3. The lowest BCUT2D eigenvalue weighted by Crippen LogP contribution is -2.32. The largest absolute Gasteiger partial charge is 0.469 e. The minimum atomic E-state index is -0.492. The average molecular weight is 277 g/mol. The van der Waals surface area contributed by atoms with Crippen LogP contribution in [0.25, 0.3) is 0 Å². The molecule has 0 saturated carbocycles. The van der Waals surface area contributed by atoms with Gasteiger partial charge in [0, 0.05) is 13.5 Å². The number of hydrogen-bond donors (Lipinski definition) is 1. The molecule has 0 spiro atoms. The van der Waals surface area contributed by atoms with Crippen molar-refractivity contribution >= 4 is 11.9 Å². The number of esters is 1. The molecule has 6 heteroatoms. The molecule has 0 atom stereocenters. The maximum Gasteiger partial charge on any atom is 0.303 e. The zero-order valence-electron chi connectivity index (χ0n) is 11.0. The average Bonchev–Trinajstić information content (AvgIpc) is 3.09. The van der Waals surface area contributed by atoms with Crippen LogP contribution in [-0.4, -0.2) is 25.0 Å². The number of nitrogens with one attached hydrogen (secondary N) is 1. The topological polar surface area (TPSA) is 81.7 Å². The number of furan rings is 2. The molecule has 0 saturated heterocycles. The van der Waals surface area contributed by atoms with Crippen LogP contribution in [0.3, 0.4) is 0 Å². The van der Waals surface area contributed by atoms with Crippen LogP contribution in [0.5, 0.6) is 0 Å². The monoisotopic (exact) mass is 277 g/mol. The molecule has 1 N–H and O–H groups in total. The highest BCUT2D eigenvalue weighted by Crippen LogP contribution is 2.24. The molecule has 106 valence electrons. The van der Waals surface area contributed by atoms with E-state index >= 15 is 0 Å². The van der Waals surface area contributed by atoms with Gasteiger partial charge < -0.3 is 18.9 Å². The Kier molecular flexibility index (Phi) is 4.60. The first-order valence-corrected chi connectivity index (χ1v) is 6.13. The predicted molar refractivity (Wildman–Crippen MR) is 68.9 cm³/mol. The molecular weight excluding hydrogens is 262 g/mol. The number of ether oxygens (including phenoxy) is 1. The Balaban J connectivity index is 1.96. The summed E-state index contributed by atoms with van der Waals surface area (Å²) in [5, 5.41) is 2.68. The van der Waals surface area contributed by atoms with E-state index in [9.17, 15) is 9.59 Å². The second-order valence-electron chi connectivity index (χ2n) is 4.17. The summed E-state index contributed by atoms with van der Waals surface area (Å²) in [4.78, 5) is 22.2. The van der Waals surface area contributed by atoms with Crippen molar-refractivity contribution in [3.05, 3.63) is 48.3 Å². The minimum absolute atomic E-state index is 0.221. The van der Waals surface area contributed by atoms with Crippen LogP contribution < -0.4 is 5.32 Å². The van der Waals surface area contributed by atoms with Gasteiger partial charge in [0.2, 0.25) is 0 Å². The standard InChI is InChI=1S/C14H15NO5/c1-10(16)20-9-14(17)15-8-11(12-4-2-6-18-12)13-5-3-7-19-13/h2-7,11H,8-9H2,1H3,(H,15,17). The lowest BCUT2D eigenvalue weighted by atomic mass is 10.0. The van der Waals surface area contributed by atoms with Gasteiger partial charge in [0.15, 0.2) is 6.61 Å². The van der Waals surface area contributed by atoms with Crippen molar-refractivity contribution < 1.29 is 23.2 Å². The SMILES string of the molecule is CC(=O)OCC(=O)NCC(c1ccco1)c1ccco1. The summed E-state index contributed by atoms with van der Waals surface area (Å²) in [5.41, 5.74) is 0. The Morgan fingerprint density at radius 2 is 1.80 bits per heavy atom. The van der Waals surface area contributed by atoms with Crippen molar-refractivity contribution in [3.63, 3.8) is 0 Å². The van der Waals surface area contributed by atoms with E-state index in [0.29, 0.717) is 18.1 Å². The maximum absolute atomic E-state index is 11.5. The smallest absolute Gasteiger partial charge is 0.303 e. The molecule has 0 fully saturated rings. The molecule has 0 aromatic carbocycles. The number of carbonyl (C=O) groups excluding carboxylic acids is 2. The summed E-state index contributed by atoms with van der Waals surface area (Å²) in [6.45, 7) is 1.25. The fourth-order valence-corrected chi connectivity index (χ4v) is 1.75. The van der Waals surface area contributed by atoms with E-state index < -0.39 is 5.97 Å². The zero-order valence-corrected chi connectivity index (χ0v) is 11.0. The van der Waals surface area contributed by atoms with Crippen molar-refractivity contribution in [1.82, 2.24) is 5.32 Å². The molecule has 1 amide bonds. The van der Waals surface area contributed by atoms with Crippen LogP contribution in [0.1, 0.15) is 24.4 Å². The Hall–Kier alpha value is -2.50. The summed E-state index contributed by atoms with van der Waals surface area (Å²) in [7, 11) is 0. The van der Waals surface area contributed by atoms with E-state index in [1.807, 2.05) is 12.1 Å². The number of rotatable bonds is 6. The summed E-state index contributed by atoms with van der Waals surface area (Å²) >= 11 is 0. The molecule has 2 aromatic heterocycles. The van der Waals surface area contributed by atoms with Crippen LogP contribution in [-0.2, 0) is 14.3 Å². The number of amides is 1. The van der Waals surface area contributed by atoms with Gasteiger partial charge in [-0.2, -0.15) is 0 Å². The Labute approximate surface area is 115 Å². The van der Waals surface area contributed by atoms with Crippen LogP contribution in [0.2, 0.25) is 0 Å². The normalized spacial score (nSPS) is 10.5. The molecule has 0 radical (unpaired) electrons. The number of carbonyl (C=O) groups is 2. The summed E-state index contributed by atoms with van der Waals surface area (Å²) in [6.07, 6.45) is 3.12. The zero-order chi connectivity index (χ0) is 14.4. The van der Waals surface area contributed by atoms with Gasteiger partial charge in [-0.05, 0) is 24.3 Å². The van der Waals surface area contributed by atoms with Crippen LogP contribution in [0, 0.1) is 0 Å². The van der Waals surface area contributed by atoms with Crippen LogP contribution >= 0.6 is 0 Å². The number of hydrogen-bond acceptors (Lipinski definition) is 5. The molecular formula is C14H15NO5. The fraction of sp³-hybridized carbons (Fsp3) is 0.286. The second kappa shape index (κ2) is 6.60. The molecule has 0 aliphatic carbocycles. The highest BCUT2D eigenvalue weighted by atomic mass is 16.5. The van der Waals surface area contributed by atoms with E-state index in [2.05, 4.69) is 10.1 Å². The maximum atomic E-state index is 11.5. The van der Waals surface area contributed by atoms with Gasteiger partial charge in [-0.25, -0.2) is 0 Å². The first-order chi connectivity index (χ1) is 9.66. The quantitative estimate of drug-likeness (QED) is 0.812. The van der Waals surface area contributed by atoms with Crippen molar-refractivity contribution in [1.29, 1.82) is 0 Å². The van der Waals surface area contributed by atoms with Crippen molar-refractivity contribution in [2.24, 2.45) is 0 Å². The van der Waals surface area contributed by atoms with Gasteiger partial charge in [-0.3, -0.25) is 9.59 Å². The molecule has 0 aliphatic rings. The summed E-state index contributed by atoms with van der Waals surface area (Å²) in [5.74, 6) is 0.291. The van der Waals surface area contributed by atoms with Gasteiger partial charge in [-0.15, -0.1) is 0 Å². The molecule has 20 heavy (non-hydrogen) atoms. The van der Waals surface area contributed by atoms with Gasteiger partial charge in [-0.1, -0.05) is 0 Å². The molecule has 6 nitrogen and oxygen atoms in total. The van der Waals surface area contributed by atoms with Gasteiger partial charge in [0.25, 0.3) is 5.91 Å². The third-order valence-electron chi connectivity index (χ3n) is 2.68. The van der Waals surface area contributed by atoms with E-state index in [1.54, 1.807) is 24.7 Å². The Morgan fingerprint density at radius 1 is 1.20 bits per heavy atom. The Morgan fingerprint density at radius 3 is 2.25 bits per heavy atom. The van der Waals surface area contributed by atoms with Gasteiger partial charge in [0.1, 0.15) is 11.5 Å². The predicted octanol–water partition coefficient (Wildman–Crippen LogP) is 1.68. The van der Waals surface area contributed by atoms with E-state index in [-0.39, 0.29) is 18.4 Å². The van der Waals surface area contributed by atoms with Gasteiger partial charge in [0.05, 0.1) is 18.4 Å². The lowest BCUT2D eigenvalue weighted by molar-refractivity contribution is -0.146. The van der Waals surface area contributed by atoms with Crippen molar-refractivity contribution in [3.8, 4) is 0 Å². The van der Waals surface area contributed by atoms with Gasteiger partial charge >= 0.3 is 5.97 Å². The lowest BCUT2D eigenvalue weighted by Gasteiger charge is -2.13. The third kappa shape index (κ3) is 3.74. The molecule has 0 unspecified atom stereocenters. The van der Waals surface area contributed by atoms with Crippen molar-refractivity contribution in [2.45, 2.75) is 12.8 Å². The molecule has 0 aliphatic heterocycles. The highest BCUT2D eigenvalue weighted by molar-refractivity contribution is 5.79. The molecule has 0 bridgehead atoms. The summed E-state index contributed by atoms with van der Waals surface area (Å²) in [6, 6.07) is 7.16. The van der Waals surface area contributed by atoms with Crippen LogP contribution in [0.15, 0.2) is 45.6 Å². The second-order valence-corrected chi connectivity index (χ2v) is 4.17. The van der Waals surface area contributed by atoms with E-state index in [0.717, 1.165) is 0 Å². The highest BCUT2D eigenvalue weighted by Gasteiger charge is 2.20. The minimum Gasteiger partial charge on any atom is -0.469 e. The first kappa shape index (κ1) is 13.9. The first-order valence-electron chi connectivity index (χ1n) is 6.13. The van der Waals surface area contributed by atoms with E-state index in [4.69, 9.17) is 8.83 Å². The Bertz CT molecular complexity index is 510. The third-order valence-corrected chi connectivity index (χ3v) is 2.68. The fourth-order valence-electron chi connectivity index (χ4n) is 1.75.